The van der Waals surface area contributed by atoms with Crippen LogP contribution in [-0.4, -0.2) is 13.7 Å². The fourth-order valence-corrected chi connectivity index (χ4v) is 2.09. The second kappa shape index (κ2) is 5.37. The van der Waals surface area contributed by atoms with Crippen LogP contribution in [0.2, 0.25) is 0 Å². The van der Waals surface area contributed by atoms with E-state index in [4.69, 9.17) is 4.74 Å². The molecule has 0 aliphatic heterocycles. The van der Waals surface area contributed by atoms with Gasteiger partial charge in [-0.1, -0.05) is 15.9 Å². The van der Waals surface area contributed by atoms with Gasteiger partial charge in [-0.05, 0) is 38.6 Å². The fourth-order valence-electron chi connectivity index (χ4n) is 1.47. The number of hydrogen-bond donors (Lipinski definition) is 1. The summed E-state index contributed by atoms with van der Waals surface area (Å²) in [6, 6.07) is 4.17. The zero-order valence-electron chi connectivity index (χ0n) is 8.86. The lowest BCUT2D eigenvalue weighted by Crippen LogP contribution is -2.08. The number of aryl methyl sites for hydroxylation is 1. The van der Waals surface area contributed by atoms with E-state index < -0.39 is 0 Å². The number of benzene rings is 1. The van der Waals surface area contributed by atoms with Gasteiger partial charge < -0.3 is 10.1 Å². The fraction of sp³-hybridized carbons (Fsp3) is 0.455. The molecule has 1 rings (SSSR count). The van der Waals surface area contributed by atoms with E-state index in [2.05, 4.69) is 40.3 Å². The van der Waals surface area contributed by atoms with Crippen molar-refractivity contribution in [3.05, 3.63) is 27.7 Å². The van der Waals surface area contributed by atoms with Gasteiger partial charge in [0.1, 0.15) is 5.75 Å². The van der Waals surface area contributed by atoms with Crippen LogP contribution in [0.4, 0.5) is 0 Å². The molecule has 0 aliphatic carbocycles. The van der Waals surface area contributed by atoms with Crippen LogP contribution in [0.3, 0.4) is 0 Å². The molecule has 0 saturated carbocycles. The normalized spacial score (nSPS) is 10.3. The maximum Gasteiger partial charge on any atom is 0.126 e. The Hall–Kier alpha value is -0.540. The van der Waals surface area contributed by atoms with E-state index in [1.54, 1.807) is 0 Å². The van der Waals surface area contributed by atoms with Crippen LogP contribution >= 0.6 is 15.9 Å². The van der Waals surface area contributed by atoms with Crippen LogP contribution < -0.4 is 10.1 Å². The molecular weight excluding hydrogens is 242 g/mol. The first-order valence-corrected chi connectivity index (χ1v) is 5.54. The molecule has 0 bridgehead atoms. The Morgan fingerprint density at radius 2 is 2.14 bits per heavy atom. The Balaban J connectivity index is 3.07. The van der Waals surface area contributed by atoms with Crippen molar-refractivity contribution in [1.82, 2.24) is 5.32 Å². The molecular formula is C11H16BrNO. The first-order valence-electron chi connectivity index (χ1n) is 4.75. The highest BCUT2D eigenvalue weighted by molar-refractivity contribution is 9.10. The lowest BCUT2D eigenvalue weighted by Gasteiger charge is -2.13. The first kappa shape index (κ1) is 11.5. The molecule has 0 unspecified atom stereocenters. The predicted octanol–water partition coefficient (Wildman–Crippen LogP) is 2.88. The van der Waals surface area contributed by atoms with Gasteiger partial charge in [-0.3, -0.25) is 0 Å². The van der Waals surface area contributed by atoms with Gasteiger partial charge in [0.2, 0.25) is 0 Å². The van der Waals surface area contributed by atoms with E-state index in [0.29, 0.717) is 6.61 Å². The average molecular weight is 258 g/mol. The summed E-state index contributed by atoms with van der Waals surface area (Å²) < 4.78 is 6.72. The van der Waals surface area contributed by atoms with Crippen LogP contribution in [-0.2, 0) is 6.54 Å². The molecule has 0 atom stereocenters. The van der Waals surface area contributed by atoms with Crippen LogP contribution in [0.5, 0.6) is 5.75 Å². The topological polar surface area (TPSA) is 21.3 Å². The summed E-state index contributed by atoms with van der Waals surface area (Å²) in [6.45, 7) is 5.61. The second-order valence-corrected chi connectivity index (χ2v) is 4.09. The summed E-state index contributed by atoms with van der Waals surface area (Å²) in [7, 11) is 1.94. The maximum absolute atomic E-state index is 5.61. The van der Waals surface area contributed by atoms with E-state index >= 15 is 0 Å². The zero-order valence-corrected chi connectivity index (χ0v) is 10.4. The number of hydrogen-bond acceptors (Lipinski definition) is 2. The Kier molecular flexibility index (Phi) is 4.42. The largest absolute Gasteiger partial charge is 0.493 e. The molecule has 0 spiro atoms. The highest BCUT2D eigenvalue weighted by atomic mass is 79.9. The van der Waals surface area contributed by atoms with Crippen molar-refractivity contribution in [3.63, 3.8) is 0 Å². The number of rotatable bonds is 4. The van der Waals surface area contributed by atoms with Gasteiger partial charge in [-0.25, -0.2) is 0 Å². The minimum Gasteiger partial charge on any atom is -0.493 e. The van der Waals surface area contributed by atoms with E-state index in [0.717, 1.165) is 16.8 Å². The second-order valence-electron chi connectivity index (χ2n) is 3.17. The molecule has 0 radical (unpaired) electrons. The standard InChI is InChI=1S/C11H16BrNO/c1-4-14-11-8(2)5-10(12)6-9(11)7-13-3/h5-6,13H,4,7H2,1-3H3. The third-order valence-corrected chi connectivity index (χ3v) is 2.43. The van der Waals surface area contributed by atoms with Crippen molar-refractivity contribution in [1.29, 1.82) is 0 Å². The Labute approximate surface area is 93.8 Å². The quantitative estimate of drug-likeness (QED) is 0.896. The SMILES string of the molecule is CCOc1c(C)cc(Br)cc1CNC. The van der Waals surface area contributed by atoms with Gasteiger partial charge in [0.25, 0.3) is 0 Å². The van der Waals surface area contributed by atoms with Crippen LogP contribution in [0.25, 0.3) is 0 Å². The molecule has 0 saturated heterocycles. The maximum atomic E-state index is 5.61. The molecule has 1 aromatic carbocycles. The van der Waals surface area contributed by atoms with E-state index in [9.17, 15) is 0 Å². The molecule has 1 aromatic rings. The summed E-state index contributed by atoms with van der Waals surface area (Å²) in [5, 5.41) is 3.14. The Bertz CT molecular complexity index is 312. The highest BCUT2D eigenvalue weighted by Gasteiger charge is 2.07. The monoisotopic (exact) mass is 257 g/mol. The van der Waals surface area contributed by atoms with E-state index in [1.807, 2.05) is 14.0 Å². The average Bonchev–Trinajstić information content (AvgIpc) is 2.11. The van der Waals surface area contributed by atoms with Gasteiger partial charge in [0.15, 0.2) is 0 Å². The van der Waals surface area contributed by atoms with Crippen molar-refractivity contribution in [2.45, 2.75) is 20.4 Å². The first-order chi connectivity index (χ1) is 6.69. The van der Waals surface area contributed by atoms with Crippen LogP contribution in [0.1, 0.15) is 18.1 Å². The lowest BCUT2D eigenvalue weighted by atomic mass is 10.1. The van der Waals surface area contributed by atoms with Gasteiger partial charge in [-0.2, -0.15) is 0 Å². The van der Waals surface area contributed by atoms with E-state index in [-0.39, 0.29) is 0 Å². The Morgan fingerprint density at radius 1 is 1.43 bits per heavy atom. The lowest BCUT2D eigenvalue weighted by molar-refractivity contribution is 0.333. The molecule has 0 heterocycles. The molecule has 0 amide bonds. The minimum absolute atomic E-state index is 0.708. The van der Waals surface area contributed by atoms with Crippen molar-refractivity contribution < 1.29 is 4.74 Å². The summed E-state index contributed by atoms with van der Waals surface area (Å²) in [5.41, 5.74) is 2.37. The summed E-state index contributed by atoms with van der Waals surface area (Å²) in [6.07, 6.45) is 0. The van der Waals surface area contributed by atoms with Crippen molar-refractivity contribution in [2.75, 3.05) is 13.7 Å². The van der Waals surface area contributed by atoms with Crippen molar-refractivity contribution >= 4 is 15.9 Å². The molecule has 0 aliphatic rings. The molecule has 14 heavy (non-hydrogen) atoms. The van der Waals surface area contributed by atoms with Gasteiger partial charge >= 0.3 is 0 Å². The third-order valence-electron chi connectivity index (χ3n) is 1.97. The molecule has 78 valence electrons. The van der Waals surface area contributed by atoms with Gasteiger partial charge in [0, 0.05) is 16.6 Å². The number of ether oxygens (including phenoxy) is 1. The molecule has 2 nitrogen and oxygen atoms in total. The zero-order chi connectivity index (χ0) is 10.6. The molecule has 0 fully saturated rings. The van der Waals surface area contributed by atoms with Gasteiger partial charge in [0.05, 0.1) is 6.61 Å². The molecule has 0 aromatic heterocycles. The van der Waals surface area contributed by atoms with Gasteiger partial charge in [-0.15, -0.1) is 0 Å². The van der Waals surface area contributed by atoms with Crippen LogP contribution in [0, 0.1) is 6.92 Å². The summed E-state index contributed by atoms with van der Waals surface area (Å²) in [5.74, 6) is 1.00. The van der Waals surface area contributed by atoms with E-state index in [1.165, 1.54) is 11.1 Å². The number of nitrogens with one attached hydrogen (secondary N) is 1. The Morgan fingerprint density at radius 3 is 2.71 bits per heavy atom. The number of halogens is 1. The predicted molar refractivity (Wildman–Crippen MR) is 62.8 cm³/mol. The minimum atomic E-state index is 0.708. The van der Waals surface area contributed by atoms with Crippen LogP contribution in [0.15, 0.2) is 16.6 Å². The molecule has 1 N–H and O–H groups in total. The van der Waals surface area contributed by atoms with Crippen molar-refractivity contribution in [2.24, 2.45) is 0 Å². The third kappa shape index (κ3) is 2.72. The summed E-state index contributed by atoms with van der Waals surface area (Å²) >= 11 is 3.48. The van der Waals surface area contributed by atoms with Crippen molar-refractivity contribution in [3.8, 4) is 5.75 Å². The molecule has 3 heteroatoms. The summed E-state index contributed by atoms with van der Waals surface area (Å²) in [4.78, 5) is 0. The highest BCUT2D eigenvalue weighted by Crippen LogP contribution is 2.27. The smallest absolute Gasteiger partial charge is 0.126 e.